The minimum absolute atomic E-state index is 0.00478. The van der Waals surface area contributed by atoms with Crippen molar-refractivity contribution in [3.8, 4) is 0 Å². The van der Waals surface area contributed by atoms with Crippen molar-refractivity contribution in [3.05, 3.63) is 54.6 Å². The fraction of sp³-hybridized carbons (Fsp3) is 0.263. The first-order valence-electron chi connectivity index (χ1n) is 8.29. The van der Waals surface area contributed by atoms with Gasteiger partial charge in [0.25, 0.3) is 0 Å². The number of nitrogens with one attached hydrogen (secondary N) is 2. The summed E-state index contributed by atoms with van der Waals surface area (Å²) in [7, 11) is 1.62. The van der Waals surface area contributed by atoms with Gasteiger partial charge in [-0.15, -0.1) is 0 Å². The number of amides is 2. The van der Waals surface area contributed by atoms with E-state index in [4.69, 9.17) is 4.42 Å². The molecule has 2 amide bonds. The quantitative estimate of drug-likeness (QED) is 0.751. The Labute approximate surface area is 144 Å². The summed E-state index contributed by atoms with van der Waals surface area (Å²) in [5.74, 6) is 0.946. The molecule has 0 spiro atoms. The zero-order valence-corrected chi connectivity index (χ0v) is 13.9. The van der Waals surface area contributed by atoms with Crippen molar-refractivity contribution in [1.82, 2.24) is 9.88 Å². The van der Waals surface area contributed by atoms with E-state index in [9.17, 15) is 9.59 Å². The van der Waals surface area contributed by atoms with Gasteiger partial charge in [-0.25, -0.2) is 0 Å². The number of likely N-dealkylation sites (N-methyl/N-ethyl adjacent to an activating group) is 1. The van der Waals surface area contributed by atoms with Crippen LogP contribution in [0, 0.1) is 5.92 Å². The van der Waals surface area contributed by atoms with Crippen molar-refractivity contribution >= 4 is 28.4 Å². The number of hydrogen-bond acceptors (Lipinski definition) is 3. The van der Waals surface area contributed by atoms with Gasteiger partial charge in [-0.1, -0.05) is 6.07 Å². The number of fused-ring (bicyclic) bond motifs is 1. The Morgan fingerprint density at radius 1 is 1.28 bits per heavy atom. The summed E-state index contributed by atoms with van der Waals surface area (Å²) in [6.45, 7) is 0.251. The molecule has 4 rings (SSSR count). The van der Waals surface area contributed by atoms with Crippen molar-refractivity contribution in [3.63, 3.8) is 0 Å². The topological polar surface area (TPSA) is 76.3 Å². The largest absolute Gasteiger partial charge is 0.469 e. The molecule has 25 heavy (non-hydrogen) atoms. The predicted octanol–water partition coefficient (Wildman–Crippen LogP) is 2.72. The van der Waals surface area contributed by atoms with Gasteiger partial charge in [0.2, 0.25) is 11.8 Å². The maximum absolute atomic E-state index is 12.4. The van der Waals surface area contributed by atoms with Crippen molar-refractivity contribution in [2.45, 2.75) is 18.9 Å². The van der Waals surface area contributed by atoms with Gasteiger partial charge in [0, 0.05) is 30.8 Å². The fourth-order valence-electron chi connectivity index (χ4n) is 3.17. The summed E-state index contributed by atoms with van der Waals surface area (Å²) in [4.78, 5) is 24.1. The molecule has 1 aliphatic rings. The van der Waals surface area contributed by atoms with E-state index in [1.165, 1.54) is 0 Å². The summed E-state index contributed by atoms with van der Waals surface area (Å²) in [6, 6.07) is 11.4. The summed E-state index contributed by atoms with van der Waals surface area (Å²) in [5.41, 5.74) is 1.65. The third-order valence-corrected chi connectivity index (χ3v) is 4.67. The van der Waals surface area contributed by atoms with E-state index < -0.39 is 0 Å². The number of benzene rings is 1. The normalized spacial score (nSPS) is 18.9. The first-order valence-corrected chi connectivity index (χ1v) is 8.29. The maximum Gasteiger partial charge on any atom is 0.239 e. The Balaban J connectivity index is 1.49. The number of hydrogen-bond donors (Lipinski definition) is 2. The summed E-state index contributed by atoms with van der Waals surface area (Å²) in [6.07, 6.45) is 4.32. The molecule has 3 aromatic rings. The second-order valence-corrected chi connectivity index (χ2v) is 6.34. The van der Waals surface area contributed by atoms with Gasteiger partial charge in [0.15, 0.2) is 0 Å². The average Bonchev–Trinajstić information content (AvgIpc) is 3.05. The molecule has 1 aliphatic carbocycles. The Kier molecular flexibility index (Phi) is 3.80. The molecule has 0 bridgehead atoms. The highest BCUT2D eigenvalue weighted by atomic mass is 16.3. The van der Waals surface area contributed by atoms with Crippen LogP contribution in [0.1, 0.15) is 18.1 Å². The third-order valence-electron chi connectivity index (χ3n) is 4.67. The minimum Gasteiger partial charge on any atom is -0.469 e. The van der Waals surface area contributed by atoms with E-state index in [-0.39, 0.29) is 30.2 Å². The molecule has 0 unspecified atom stereocenters. The Bertz CT molecular complexity index is 927. The SMILES string of the molecule is CNC(=O)Cn1ccc2ccc(NC(=O)[C@@H]3C[C@@H]3c3ccco3)cc21. The highest BCUT2D eigenvalue weighted by Gasteiger charge is 2.45. The van der Waals surface area contributed by atoms with E-state index in [2.05, 4.69) is 10.6 Å². The van der Waals surface area contributed by atoms with E-state index in [0.717, 1.165) is 28.8 Å². The Morgan fingerprint density at radius 2 is 2.16 bits per heavy atom. The molecular formula is C19H19N3O3. The van der Waals surface area contributed by atoms with Gasteiger partial charge >= 0.3 is 0 Å². The van der Waals surface area contributed by atoms with Gasteiger partial charge in [-0.3, -0.25) is 9.59 Å². The zero-order valence-electron chi connectivity index (χ0n) is 13.9. The molecule has 6 heteroatoms. The highest BCUT2D eigenvalue weighted by molar-refractivity contribution is 5.97. The second-order valence-electron chi connectivity index (χ2n) is 6.34. The number of aromatic nitrogens is 1. The summed E-state index contributed by atoms with van der Waals surface area (Å²) < 4.78 is 7.25. The van der Waals surface area contributed by atoms with E-state index in [1.807, 2.05) is 47.2 Å². The molecule has 2 atom stereocenters. The van der Waals surface area contributed by atoms with Crippen LogP contribution in [0.5, 0.6) is 0 Å². The predicted molar refractivity (Wildman–Crippen MR) is 94.2 cm³/mol. The number of carbonyl (C=O) groups excluding carboxylic acids is 2. The van der Waals surface area contributed by atoms with Gasteiger partial charge in [0.1, 0.15) is 12.3 Å². The molecule has 6 nitrogen and oxygen atoms in total. The molecule has 0 aliphatic heterocycles. The zero-order chi connectivity index (χ0) is 17.4. The van der Waals surface area contributed by atoms with Crippen LogP contribution in [-0.2, 0) is 16.1 Å². The van der Waals surface area contributed by atoms with Gasteiger partial charge in [0.05, 0.1) is 11.8 Å². The molecule has 2 aromatic heterocycles. The van der Waals surface area contributed by atoms with Crippen LogP contribution < -0.4 is 10.6 Å². The van der Waals surface area contributed by atoms with E-state index in [0.29, 0.717) is 0 Å². The van der Waals surface area contributed by atoms with Crippen molar-refractivity contribution in [2.75, 3.05) is 12.4 Å². The van der Waals surface area contributed by atoms with Crippen molar-refractivity contribution < 1.29 is 14.0 Å². The number of nitrogens with zero attached hydrogens (tertiary/aromatic N) is 1. The molecule has 0 saturated heterocycles. The molecule has 2 heterocycles. The molecular weight excluding hydrogens is 318 g/mol. The Morgan fingerprint density at radius 3 is 2.92 bits per heavy atom. The van der Waals surface area contributed by atoms with Crippen LogP contribution in [0.25, 0.3) is 10.9 Å². The van der Waals surface area contributed by atoms with Gasteiger partial charge in [-0.2, -0.15) is 0 Å². The van der Waals surface area contributed by atoms with Crippen LogP contribution in [0.15, 0.2) is 53.3 Å². The van der Waals surface area contributed by atoms with Gasteiger partial charge in [-0.05, 0) is 42.1 Å². The molecule has 1 saturated carbocycles. The third kappa shape index (κ3) is 3.03. The van der Waals surface area contributed by atoms with Crippen molar-refractivity contribution in [1.29, 1.82) is 0 Å². The number of anilines is 1. The first kappa shape index (κ1) is 15.5. The van der Waals surface area contributed by atoms with Crippen LogP contribution in [0.3, 0.4) is 0 Å². The number of rotatable bonds is 5. The minimum atomic E-state index is -0.0637. The van der Waals surface area contributed by atoms with Crippen molar-refractivity contribution in [2.24, 2.45) is 5.92 Å². The summed E-state index contributed by atoms with van der Waals surface area (Å²) >= 11 is 0. The molecule has 1 aromatic carbocycles. The molecule has 0 radical (unpaired) electrons. The van der Waals surface area contributed by atoms with E-state index in [1.54, 1.807) is 13.3 Å². The molecule has 1 fully saturated rings. The smallest absolute Gasteiger partial charge is 0.239 e. The lowest BCUT2D eigenvalue weighted by Gasteiger charge is -2.08. The molecule has 2 N–H and O–H groups in total. The second kappa shape index (κ2) is 6.12. The monoisotopic (exact) mass is 337 g/mol. The van der Waals surface area contributed by atoms with E-state index >= 15 is 0 Å². The fourth-order valence-corrected chi connectivity index (χ4v) is 3.17. The van der Waals surface area contributed by atoms with Crippen LogP contribution in [0.2, 0.25) is 0 Å². The first-order chi connectivity index (χ1) is 12.2. The lowest BCUT2D eigenvalue weighted by atomic mass is 10.2. The Hall–Kier alpha value is -3.02. The standard InChI is InChI=1S/C19H19N3O3/c1-20-18(23)11-22-7-6-12-4-5-13(9-16(12)22)21-19(24)15-10-14(15)17-3-2-8-25-17/h2-9,14-15H,10-11H2,1H3,(H,20,23)(H,21,24)/t14-,15+/m0/s1. The number of carbonyl (C=O) groups is 2. The summed E-state index contributed by atoms with van der Waals surface area (Å²) in [5, 5.41) is 6.62. The highest BCUT2D eigenvalue weighted by Crippen LogP contribution is 2.48. The van der Waals surface area contributed by atoms with Gasteiger partial charge < -0.3 is 19.6 Å². The van der Waals surface area contributed by atoms with Crippen LogP contribution in [-0.4, -0.2) is 23.4 Å². The lowest BCUT2D eigenvalue weighted by molar-refractivity contribution is -0.121. The number of furan rings is 1. The lowest BCUT2D eigenvalue weighted by Crippen LogP contribution is -2.23. The van der Waals surface area contributed by atoms with Crippen LogP contribution >= 0.6 is 0 Å². The maximum atomic E-state index is 12.4. The average molecular weight is 337 g/mol. The van der Waals surface area contributed by atoms with Crippen LogP contribution in [0.4, 0.5) is 5.69 Å². The molecule has 128 valence electrons.